The van der Waals surface area contributed by atoms with Crippen LogP contribution in [0.15, 0.2) is 34.2 Å². The van der Waals surface area contributed by atoms with Gasteiger partial charge in [-0.15, -0.1) is 0 Å². The van der Waals surface area contributed by atoms with Gasteiger partial charge in [0.15, 0.2) is 0 Å². The van der Waals surface area contributed by atoms with E-state index in [9.17, 15) is 0 Å². The molecule has 0 heterocycles. The molecule has 0 aliphatic heterocycles. The van der Waals surface area contributed by atoms with Crippen LogP contribution in [0.2, 0.25) is 0 Å². The number of rotatable bonds is 6. The molecule has 0 spiro atoms. The number of nitrogens with two attached hydrogens (primary N) is 1. The molecule has 3 N–H and O–H groups in total. The highest BCUT2D eigenvalue weighted by atomic mass is 14.7. The van der Waals surface area contributed by atoms with E-state index in [0.29, 0.717) is 16.5 Å². The van der Waals surface area contributed by atoms with Crippen molar-refractivity contribution in [3.63, 3.8) is 0 Å². The van der Waals surface area contributed by atoms with Gasteiger partial charge in [0.05, 0.1) is 0 Å². The summed E-state index contributed by atoms with van der Waals surface area (Å²) in [5, 5.41) is 7.36. The zero-order chi connectivity index (χ0) is 16.1. The Kier molecular flexibility index (Phi) is 5.33. The predicted octanol–water partition coefficient (Wildman–Crippen LogP) is 4.23. The molecule has 2 atom stereocenters. The third-order valence-corrected chi connectivity index (χ3v) is 4.95. The van der Waals surface area contributed by atoms with Crippen LogP contribution in [-0.2, 0) is 0 Å². The quantitative estimate of drug-likeness (QED) is 0.708. The molecule has 4 heteroatoms. The van der Waals surface area contributed by atoms with Gasteiger partial charge >= 0.3 is 0 Å². The fourth-order valence-corrected chi connectivity index (χ4v) is 3.95. The number of hydrogen-bond acceptors (Lipinski definition) is 4. The summed E-state index contributed by atoms with van der Waals surface area (Å²) in [6.45, 7) is 3.60. The number of nitrogens with one attached hydrogen (secondary N) is 1. The van der Waals surface area contributed by atoms with E-state index in [2.05, 4.69) is 16.1 Å². The molecule has 2 fully saturated rings. The van der Waals surface area contributed by atoms with Crippen molar-refractivity contribution in [2.45, 2.75) is 58.8 Å². The number of allylic oxidation sites excluding steroid dienone is 2. The Morgan fingerprint density at radius 1 is 1.18 bits per heavy atom. The van der Waals surface area contributed by atoms with Crippen LogP contribution >= 0.6 is 0 Å². The largest absolute Gasteiger partial charge is 0.401 e. The maximum atomic E-state index is 7.36. The maximum absolute atomic E-state index is 7.36. The zero-order valence-corrected chi connectivity index (χ0v) is 13.8. The second kappa shape index (κ2) is 7.03. The van der Waals surface area contributed by atoms with Crippen LogP contribution in [-0.4, -0.2) is 18.1 Å². The first kappa shape index (κ1) is 16.7. The van der Waals surface area contributed by atoms with Gasteiger partial charge in [-0.25, -0.2) is 0 Å². The van der Waals surface area contributed by atoms with Gasteiger partial charge in [-0.05, 0) is 63.2 Å². The topological polar surface area (TPSA) is 74.6 Å². The summed E-state index contributed by atoms with van der Waals surface area (Å²) in [5.74, 6) is 0. The first-order valence-electron chi connectivity index (χ1n) is 8.15. The lowest BCUT2D eigenvalue weighted by molar-refractivity contribution is 0.182. The van der Waals surface area contributed by atoms with Crippen LogP contribution in [0.4, 0.5) is 0 Å². The van der Waals surface area contributed by atoms with Gasteiger partial charge in [-0.3, -0.25) is 9.98 Å². The average molecular weight is 300 g/mol. The first-order valence-corrected chi connectivity index (χ1v) is 8.15. The van der Waals surface area contributed by atoms with Gasteiger partial charge in [0, 0.05) is 36.2 Å². The summed E-state index contributed by atoms with van der Waals surface area (Å²) in [6.07, 6.45) is 18.2. The Morgan fingerprint density at radius 3 is 2.73 bits per heavy atom. The molecule has 0 radical (unpaired) electrons. The maximum Gasteiger partial charge on any atom is 0.0472 e. The molecule has 120 valence electrons. The highest BCUT2D eigenvalue weighted by molar-refractivity contribution is 6.27. The molecule has 0 aromatic rings. The van der Waals surface area contributed by atoms with E-state index in [1.165, 1.54) is 38.5 Å². The molecule has 22 heavy (non-hydrogen) atoms. The van der Waals surface area contributed by atoms with E-state index < -0.39 is 0 Å². The average Bonchev–Trinajstić information content (AvgIpc) is 2.72. The smallest absolute Gasteiger partial charge is 0.0472 e. The normalized spacial score (nSPS) is 32.5. The number of fused-ring (bicyclic) bond motifs is 2. The lowest BCUT2D eigenvalue weighted by Crippen LogP contribution is -2.26. The second-order valence-electron chi connectivity index (χ2n) is 7.08. The van der Waals surface area contributed by atoms with Crippen molar-refractivity contribution < 1.29 is 0 Å². The number of nitrogens with zero attached hydrogens (tertiary/aromatic N) is 2. The second-order valence-corrected chi connectivity index (χ2v) is 7.08. The molecule has 2 bridgehead atoms. The van der Waals surface area contributed by atoms with Gasteiger partial charge in [0.2, 0.25) is 0 Å². The van der Waals surface area contributed by atoms with Crippen molar-refractivity contribution in [1.82, 2.24) is 0 Å². The lowest BCUT2D eigenvalue weighted by Gasteiger charge is -2.37. The molecule has 0 amide bonds. The molecular formula is C18H28N4. The van der Waals surface area contributed by atoms with E-state index in [1.807, 2.05) is 19.3 Å². The highest BCUT2D eigenvalue weighted by Gasteiger charge is 2.48. The molecule has 4 nitrogen and oxygen atoms in total. The van der Waals surface area contributed by atoms with Gasteiger partial charge in [-0.1, -0.05) is 12.5 Å². The van der Waals surface area contributed by atoms with Crippen LogP contribution in [0.25, 0.3) is 0 Å². The molecular weight excluding hydrogens is 272 g/mol. The molecule has 0 aromatic heterocycles. The van der Waals surface area contributed by atoms with Crippen molar-refractivity contribution in [2.24, 2.45) is 26.5 Å². The van der Waals surface area contributed by atoms with E-state index in [4.69, 9.17) is 11.1 Å². The molecule has 2 saturated carbocycles. The van der Waals surface area contributed by atoms with Gasteiger partial charge in [0.1, 0.15) is 0 Å². The minimum Gasteiger partial charge on any atom is -0.401 e. The number of aliphatic imine (C=N–C) groups is 2. The lowest BCUT2D eigenvalue weighted by atomic mass is 9.68. The Labute approximate surface area is 133 Å². The van der Waals surface area contributed by atoms with Gasteiger partial charge in [0.25, 0.3) is 0 Å². The minimum absolute atomic E-state index is 0.318. The molecule has 2 aliphatic carbocycles. The number of hydrogen-bond donors (Lipinski definition) is 2. The van der Waals surface area contributed by atoms with Crippen LogP contribution in [0.3, 0.4) is 0 Å². The van der Waals surface area contributed by atoms with Crippen molar-refractivity contribution in [1.29, 1.82) is 5.41 Å². The third-order valence-electron chi connectivity index (χ3n) is 4.95. The third kappa shape index (κ3) is 4.39. The standard InChI is InChI=1S/C18H28N4/c1-15(19)12-21-10-8-17-4-3-5-18(14-17,7-6-17)9-11-22-13-16(2)20/h8,10-13,19H,3-7,9,14,20H2,1-2H3/b10-8+,16-13-,19-15?,21-12?,22-11?. The van der Waals surface area contributed by atoms with Crippen molar-refractivity contribution in [2.75, 3.05) is 0 Å². The summed E-state index contributed by atoms with van der Waals surface area (Å²) < 4.78 is 0. The summed E-state index contributed by atoms with van der Waals surface area (Å²) >= 11 is 0. The fourth-order valence-electron chi connectivity index (χ4n) is 3.95. The van der Waals surface area contributed by atoms with Crippen LogP contribution in [0.1, 0.15) is 58.8 Å². The zero-order valence-electron chi connectivity index (χ0n) is 13.8. The highest BCUT2D eigenvalue weighted by Crippen LogP contribution is 2.60. The molecule has 0 aromatic carbocycles. The molecule has 2 aliphatic rings. The Balaban J connectivity index is 1.99. The molecule has 0 saturated heterocycles. The molecule has 2 rings (SSSR count). The first-order chi connectivity index (χ1) is 10.5. The monoisotopic (exact) mass is 300 g/mol. The van der Waals surface area contributed by atoms with Crippen LogP contribution < -0.4 is 5.73 Å². The summed E-state index contributed by atoms with van der Waals surface area (Å²) in [5.41, 5.74) is 7.59. The minimum atomic E-state index is 0.318. The summed E-state index contributed by atoms with van der Waals surface area (Å²) in [7, 11) is 0. The van der Waals surface area contributed by atoms with E-state index >= 15 is 0 Å². The van der Waals surface area contributed by atoms with Gasteiger partial charge < -0.3 is 11.1 Å². The summed E-state index contributed by atoms with van der Waals surface area (Å²) in [4.78, 5) is 8.53. The Bertz CT molecular complexity index is 525. The van der Waals surface area contributed by atoms with Crippen molar-refractivity contribution in [3.05, 3.63) is 24.2 Å². The van der Waals surface area contributed by atoms with Gasteiger partial charge in [-0.2, -0.15) is 0 Å². The Hall–Kier alpha value is -1.71. The SMILES string of the molecule is CC(=N)C=N/C=C/C12CCCC(CC=N/C=C(/C)N)(CC1)C2. The molecule has 2 unspecified atom stereocenters. The predicted molar refractivity (Wildman–Crippen MR) is 94.7 cm³/mol. The van der Waals surface area contributed by atoms with E-state index in [1.54, 1.807) is 19.3 Å². The van der Waals surface area contributed by atoms with Crippen LogP contribution in [0.5, 0.6) is 0 Å². The van der Waals surface area contributed by atoms with E-state index in [-0.39, 0.29) is 0 Å². The van der Waals surface area contributed by atoms with Crippen LogP contribution in [0, 0.1) is 16.2 Å². The fraction of sp³-hybridized carbons (Fsp3) is 0.611. The summed E-state index contributed by atoms with van der Waals surface area (Å²) in [6, 6.07) is 0. The van der Waals surface area contributed by atoms with Crippen molar-refractivity contribution in [3.8, 4) is 0 Å². The van der Waals surface area contributed by atoms with E-state index in [0.717, 1.165) is 12.1 Å². The van der Waals surface area contributed by atoms with Crippen molar-refractivity contribution >= 4 is 18.1 Å². The Morgan fingerprint density at radius 2 is 2.00 bits per heavy atom.